The zero-order chi connectivity index (χ0) is 14.5. The molecule has 2 atom stereocenters. The zero-order valence-corrected chi connectivity index (χ0v) is 12.6. The summed E-state index contributed by atoms with van der Waals surface area (Å²) in [5.41, 5.74) is 0.826. The molecule has 2 nitrogen and oxygen atoms in total. The first-order valence-electron chi connectivity index (χ1n) is 6.79. The van der Waals surface area contributed by atoms with Gasteiger partial charge in [0.05, 0.1) is 0 Å². The van der Waals surface area contributed by atoms with Crippen LogP contribution in [0.4, 0.5) is 4.39 Å². The molecule has 0 fully saturated rings. The summed E-state index contributed by atoms with van der Waals surface area (Å²) in [5.74, 6) is 0.711. The predicted molar refractivity (Wildman–Crippen MR) is 76.1 cm³/mol. The summed E-state index contributed by atoms with van der Waals surface area (Å²) in [6.07, 6.45) is 0.108. The standard InChI is InChI=1S/C16H25FO2/c1-6-14(17)12-7-9-13(10-8-12)19-15(18-5)11-16(2,3)4/h7-10,14-15H,6,11H2,1-5H3. The van der Waals surface area contributed by atoms with Gasteiger partial charge in [0.2, 0.25) is 0 Å². The van der Waals surface area contributed by atoms with E-state index in [0.29, 0.717) is 17.7 Å². The van der Waals surface area contributed by atoms with Crippen LogP contribution in [0.15, 0.2) is 24.3 Å². The second kappa shape index (κ2) is 6.90. The van der Waals surface area contributed by atoms with Gasteiger partial charge in [-0.3, -0.25) is 0 Å². The number of hydrogen-bond donors (Lipinski definition) is 0. The Hall–Kier alpha value is -1.09. The zero-order valence-electron chi connectivity index (χ0n) is 12.6. The monoisotopic (exact) mass is 268 g/mol. The number of rotatable bonds is 6. The van der Waals surface area contributed by atoms with Crippen LogP contribution in [0.3, 0.4) is 0 Å². The Labute approximate surface area is 115 Å². The number of alkyl halides is 1. The van der Waals surface area contributed by atoms with Gasteiger partial charge in [-0.15, -0.1) is 0 Å². The number of halogens is 1. The molecule has 0 spiro atoms. The summed E-state index contributed by atoms with van der Waals surface area (Å²) in [7, 11) is 1.64. The van der Waals surface area contributed by atoms with Gasteiger partial charge in [-0.2, -0.15) is 0 Å². The first kappa shape index (κ1) is 16.0. The summed E-state index contributed by atoms with van der Waals surface area (Å²) >= 11 is 0. The Bertz CT molecular complexity index is 367. The van der Waals surface area contributed by atoms with Gasteiger partial charge in [0.1, 0.15) is 11.9 Å². The van der Waals surface area contributed by atoms with Crippen molar-refractivity contribution in [1.29, 1.82) is 0 Å². The number of benzene rings is 1. The summed E-state index contributed by atoms with van der Waals surface area (Å²) in [5, 5.41) is 0. The lowest BCUT2D eigenvalue weighted by Crippen LogP contribution is -2.25. The van der Waals surface area contributed by atoms with E-state index in [1.807, 2.05) is 6.92 Å². The van der Waals surface area contributed by atoms with Crippen molar-refractivity contribution in [2.75, 3.05) is 7.11 Å². The van der Waals surface area contributed by atoms with E-state index in [0.717, 1.165) is 6.42 Å². The molecular weight excluding hydrogens is 243 g/mol. The van der Waals surface area contributed by atoms with Gasteiger partial charge in [-0.1, -0.05) is 39.8 Å². The molecule has 0 bridgehead atoms. The third kappa shape index (κ3) is 5.60. The number of hydrogen-bond acceptors (Lipinski definition) is 2. The molecule has 1 aromatic carbocycles. The van der Waals surface area contributed by atoms with Gasteiger partial charge in [0, 0.05) is 13.5 Å². The highest BCUT2D eigenvalue weighted by molar-refractivity contribution is 5.28. The van der Waals surface area contributed by atoms with E-state index in [9.17, 15) is 4.39 Å². The van der Waals surface area contributed by atoms with E-state index in [1.165, 1.54) is 0 Å². The van der Waals surface area contributed by atoms with Crippen molar-refractivity contribution in [1.82, 2.24) is 0 Å². The molecule has 0 heterocycles. The van der Waals surface area contributed by atoms with Crippen molar-refractivity contribution in [3.8, 4) is 5.75 Å². The molecule has 0 amide bonds. The van der Waals surface area contributed by atoms with Gasteiger partial charge in [0.25, 0.3) is 0 Å². The number of ether oxygens (including phenoxy) is 2. The Morgan fingerprint density at radius 1 is 1.16 bits per heavy atom. The third-order valence-electron chi connectivity index (χ3n) is 2.91. The summed E-state index contributed by atoms with van der Waals surface area (Å²) in [4.78, 5) is 0. The van der Waals surface area contributed by atoms with Crippen LogP contribution in [0, 0.1) is 5.41 Å². The van der Waals surface area contributed by atoms with Crippen LogP contribution in [0.2, 0.25) is 0 Å². The van der Waals surface area contributed by atoms with Crippen molar-refractivity contribution < 1.29 is 13.9 Å². The molecular formula is C16H25FO2. The van der Waals surface area contributed by atoms with Crippen LogP contribution in [0.5, 0.6) is 5.75 Å². The quantitative estimate of drug-likeness (QED) is 0.683. The lowest BCUT2D eigenvalue weighted by atomic mass is 9.92. The molecule has 2 unspecified atom stereocenters. The second-order valence-corrected chi connectivity index (χ2v) is 5.99. The maximum Gasteiger partial charge on any atom is 0.200 e. The number of methoxy groups -OCH3 is 1. The molecule has 1 rings (SSSR count). The Morgan fingerprint density at radius 3 is 2.16 bits per heavy atom. The van der Waals surface area contributed by atoms with Crippen LogP contribution >= 0.6 is 0 Å². The maximum atomic E-state index is 13.5. The van der Waals surface area contributed by atoms with E-state index in [2.05, 4.69) is 20.8 Å². The van der Waals surface area contributed by atoms with Crippen LogP contribution in [-0.4, -0.2) is 13.4 Å². The highest BCUT2D eigenvalue weighted by Gasteiger charge is 2.19. The molecule has 0 aliphatic heterocycles. The lowest BCUT2D eigenvalue weighted by Gasteiger charge is -2.25. The van der Waals surface area contributed by atoms with E-state index in [1.54, 1.807) is 31.4 Å². The average Bonchev–Trinajstić information content (AvgIpc) is 2.36. The van der Waals surface area contributed by atoms with Crippen molar-refractivity contribution in [2.24, 2.45) is 5.41 Å². The van der Waals surface area contributed by atoms with Gasteiger partial charge in [-0.05, 0) is 29.5 Å². The highest BCUT2D eigenvalue weighted by atomic mass is 19.1. The summed E-state index contributed by atoms with van der Waals surface area (Å²) in [6, 6.07) is 7.14. The normalized spacial score (nSPS) is 15.1. The SMILES string of the molecule is CCC(F)c1ccc(OC(CC(C)(C)C)OC)cc1. The molecule has 0 saturated carbocycles. The van der Waals surface area contributed by atoms with Crippen molar-refractivity contribution >= 4 is 0 Å². The minimum Gasteiger partial charge on any atom is -0.465 e. The summed E-state index contributed by atoms with van der Waals surface area (Å²) in [6.45, 7) is 8.25. The molecule has 3 heteroatoms. The maximum absolute atomic E-state index is 13.5. The highest BCUT2D eigenvalue weighted by Crippen LogP contribution is 2.26. The molecule has 0 aliphatic rings. The minimum absolute atomic E-state index is 0.132. The van der Waals surface area contributed by atoms with Gasteiger partial charge < -0.3 is 9.47 Å². The Balaban J connectivity index is 2.65. The van der Waals surface area contributed by atoms with Gasteiger partial charge in [0.15, 0.2) is 6.29 Å². The Morgan fingerprint density at radius 2 is 1.74 bits per heavy atom. The van der Waals surface area contributed by atoms with Crippen molar-refractivity contribution in [2.45, 2.75) is 53.0 Å². The van der Waals surface area contributed by atoms with Crippen LogP contribution in [0.25, 0.3) is 0 Å². The van der Waals surface area contributed by atoms with E-state index in [4.69, 9.17) is 9.47 Å². The smallest absolute Gasteiger partial charge is 0.200 e. The first-order chi connectivity index (χ1) is 8.85. The molecule has 0 aromatic heterocycles. The van der Waals surface area contributed by atoms with Gasteiger partial charge >= 0.3 is 0 Å². The van der Waals surface area contributed by atoms with Gasteiger partial charge in [-0.25, -0.2) is 4.39 Å². The molecule has 0 aliphatic carbocycles. The fourth-order valence-corrected chi connectivity index (χ4v) is 1.82. The Kier molecular flexibility index (Phi) is 5.80. The van der Waals surface area contributed by atoms with E-state index >= 15 is 0 Å². The third-order valence-corrected chi connectivity index (χ3v) is 2.91. The average molecular weight is 268 g/mol. The summed E-state index contributed by atoms with van der Waals surface area (Å²) < 4.78 is 24.6. The second-order valence-electron chi connectivity index (χ2n) is 5.99. The van der Waals surface area contributed by atoms with Crippen LogP contribution in [0.1, 0.15) is 52.3 Å². The largest absolute Gasteiger partial charge is 0.465 e. The molecule has 19 heavy (non-hydrogen) atoms. The van der Waals surface area contributed by atoms with Crippen LogP contribution in [-0.2, 0) is 4.74 Å². The van der Waals surface area contributed by atoms with E-state index in [-0.39, 0.29) is 11.7 Å². The topological polar surface area (TPSA) is 18.5 Å². The molecule has 0 N–H and O–H groups in total. The molecule has 0 radical (unpaired) electrons. The van der Waals surface area contributed by atoms with Crippen molar-refractivity contribution in [3.05, 3.63) is 29.8 Å². The minimum atomic E-state index is -0.901. The molecule has 108 valence electrons. The molecule has 1 aromatic rings. The van der Waals surface area contributed by atoms with E-state index < -0.39 is 6.17 Å². The molecule has 0 saturated heterocycles. The van der Waals surface area contributed by atoms with Crippen molar-refractivity contribution in [3.63, 3.8) is 0 Å². The fraction of sp³-hybridized carbons (Fsp3) is 0.625. The first-order valence-corrected chi connectivity index (χ1v) is 6.79. The van der Waals surface area contributed by atoms with Crippen LogP contribution < -0.4 is 4.74 Å². The fourth-order valence-electron chi connectivity index (χ4n) is 1.82. The lowest BCUT2D eigenvalue weighted by molar-refractivity contribution is -0.0756. The predicted octanol–water partition coefficient (Wildman–Crippen LogP) is 4.89.